The Bertz CT molecular complexity index is 1090. The molecule has 0 bridgehead atoms. The van der Waals surface area contributed by atoms with Crippen molar-refractivity contribution in [1.29, 1.82) is 0 Å². The molecule has 1 saturated heterocycles. The predicted molar refractivity (Wildman–Crippen MR) is 119 cm³/mol. The number of nitrogens with one attached hydrogen (secondary N) is 1. The van der Waals surface area contributed by atoms with Crippen molar-refractivity contribution in [2.45, 2.75) is 33.1 Å². The predicted octanol–water partition coefficient (Wildman–Crippen LogP) is 4.03. The summed E-state index contributed by atoms with van der Waals surface area (Å²) >= 11 is 1.58. The second-order valence-corrected chi connectivity index (χ2v) is 8.48. The highest BCUT2D eigenvalue weighted by Crippen LogP contribution is 2.28. The smallest absolute Gasteiger partial charge is 0.246 e. The topological polar surface area (TPSA) is 83.9 Å². The van der Waals surface area contributed by atoms with E-state index in [1.807, 2.05) is 49.3 Å². The van der Waals surface area contributed by atoms with Gasteiger partial charge < -0.3 is 10.2 Å². The van der Waals surface area contributed by atoms with Crippen molar-refractivity contribution in [3.63, 3.8) is 0 Å². The van der Waals surface area contributed by atoms with Crippen LogP contribution in [0.1, 0.15) is 40.1 Å². The molecule has 0 saturated carbocycles. The molecule has 0 aromatic carbocycles. The second kappa shape index (κ2) is 8.71. The number of nitrogens with zero attached hydrogens (tertiary/aromatic N) is 5. The first-order valence-corrected chi connectivity index (χ1v) is 10.8. The molecule has 1 amide bonds. The average Bonchev–Trinajstić information content (AvgIpc) is 3.37. The van der Waals surface area contributed by atoms with Gasteiger partial charge in [-0.2, -0.15) is 0 Å². The maximum Gasteiger partial charge on any atom is 0.246 e. The van der Waals surface area contributed by atoms with Crippen LogP contribution in [0.3, 0.4) is 0 Å². The van der Waals surface area contributed by atoms with Gasteiger partial charge in [-0.1, -0.05) is 6.07 Å². The van der Waals surface area contributed by atoms with E-state index in [-0.39, 0.29) is 11.8 Å². The minimum atomic E-state index is 0.0105. The summed E-state index contributed by atoms with van der Waals surface area (Å²) < 4.78 is 0. The molecule has 154 valence electrons. The zero-order valence-electron chi connectivity index (χ0n) is 17.3. The van der Waals surface area contributed by atoms with Crippen molar-refractivity contribution in [3.8, 4) is 0 Å². The van der Waals surface area contributed by atoms with Crippen LogP contribution in [0.25, 0.3) is 6.08 Å². The quantitative estimate of drug-likeness (QED) is 0.628. The third-order valence-electron chi connectivity index (χ3n) is 5.07. The molecule has 3 aromatic heterocycles. The van der Waals surface area contributed by atoms with Crippen LogP contribution >= 0.6 is 11.3 Å². The molecule has 3 aromatic rings. The lowest BCUT2D eigenvalue weighted by atomic mass is 10.0. The van der Waals surface area contributed by atoms with E-state index in [1.54, 1.807) is 29.7 Å². The largest absolute Gasteiger partial charge is 0.338 e. The number of hydrogen-bond acceptors (Lipinski definition) is 7. The van der Waals surface area contributed by atoms with Gasteiger partial charge in [0, 0.05) is 42.7 Å². The summed E-state index contributed by atoms with van der Waals surface area (Å²) in [6.07, 6.45) is 6.03. The van der Waals surface area contributed by atoms with Crippen molar-refractivity contribution in [2.24, 2.45) is 0 Å². The summed E-state index contributed by atoms with van der Waals surface area (Å²) in [7, 11) is 0. The van der Waals surface area contributed by atoms with Gasteiger partial charge in [0.2, 0.25) is 5.91 Å². The maximum absolute atomic E-state index is 12.6. The van der Waals surface area contributed by atoms with Gasteiger partial charge >= 0.3 is 0 Å². The van der Waals surface area contributed by atoms with Gasteiger partial charge in [0.25, 0.3) is 0 Å². The third-order valence-corrected chi connectivity index (χ3v) is 5.86. The molecule has 30 heavy (non-hydrogen) atoms. The van der Waals surface area contributed by atoms with Crippen LogP contribution in [-0.2, 0) is 4.79 Å². The molecule has 0 unspecified atom stereocenters. The zero-order chi connectivity index (χ0) is 21.1. The number of pyridine rings is 1. The van der Waals surface area contributed by atoms with Crippen molar-refractivity contribution in [1.82, 2.24) is 24.8 Å². The minimum absolute atomic E-state index is 0.0105. The van der Waals surface area contributed by atoms with Crippen LogP contribution in [-0.4, -0.2) is 43.8 Å². The van der Waals surface area contributed by atoms with Crippen LogP contribution in [0.5, 0.6) is 0 Å². The maximum atomic E-state index is 12.6. The Morgan fingerprint density at radius 3 is 2.90 bits per heavy atom. The summed E-state index contributed by atoms with van der Waals surface area (Å²) in [5, 5.41) is 6.24. The lowest BCUT2D eigenvalue weighted by molar-refractivity contribution is -0.124. The van der Waals surface area contributed by atoms with Gasteiger partial charge in [-0.15, -0.1) is 11.3 Å². The van der Waals surface area contributed by atoms with E-state index in [4.69, 9.17) is 0 Å². The van der Waals surface area contributed by atoms with Crippen molar-refractivity contribution >= 4 is 35.0 Å². The Kier molecular flexibility index (Phi) is 5.85. The molecular weight excluding hydrogens is 396 g/mol. The normalized spacial score (nSPS) is 16.4. The van der Waals surface area contributed by atoms with E-state index in [1.165, 1.54) is 0 Å². The number of carbonyl (C=O) groups excluding carboxylic acids is 1. The summed E-state index contributed by atoms with van der Waals surface area (Å²) in [6.45, 7) is 7.21. The van der Waals surface area contributed by atoms with Crippen LogP contribution < -0.4 is 5.32 Å². The van der Waals surface area contributed by atoms with Gasteiger partial charge in [0.15, 0.2) is 0 Å². The monoisotopic (exact) mass is 420 g/mol. The Hall–Kier alpha value is -3.13. The molecule has 1 fully saturated rings. The summed E-state index contributed by atoms with van der Waals surface area (Å²) in [4.78, 5) is 32.3. The van der Waals surface area contributed by atoms with Gasteiger partial charge in [-0.3, -0.25) is 4.79 Å². The molecule has 0 radical (unpaired) electrons. The fourth-order valence-electron chi connectivity index (χ4n) is 3.52. The molecule has 0 aliphatic carbocycles. The number of aryl methyl sites for hydroxylation is 3. The summed E-state index contributed by atoms with van der Waals surface area (Å²) in [6, 6.07) is 5.88. The van der Waals surface area contributed by atoms with Crippen molar-refractivity contribution in [2.75, 3.05) is 18.4 Å². The first-order valence-electron chi connectivity index (χ1n) is 9.91. The minimum Gasteiger partial charge on any atom is -0.338 e. The lowest BCUT2D eigenvalue weighted by Crippen LogP contribution is -2.26. The molecule has 7 nitrogen and oxygen atoms in total. The van der Waals surface area contributed by atoms with E-state index < -0.39 is 0 Å². The van der Waals surface area contributed by atoms with Crippen molar-refractivity contribution in [3.05, 3.63) is 63.6 Å². The molecule has 0 spiro atoms. The highest BCUT2D eigenvalue weighted by atomic mass is 32.1. The van der Waals surface area contributed by atoms with E-state index in [9.17, 15) is 4.79 Å². The Balaban J connectivity index is 1.44. The summed E-state index contributed by atoms with van der Waals surface area (Å²) in [5.41, 5.74) is 2.83. The molecule has 4 rings (SSSR count). The molecule has 4 heterocycles. The standard InChI is InChI=1S/C22H24N6OS/c1-14-5-4-9-23-22(14)27-20-11-19(24-15(2)25-20)17-8-10-28(12-17)21(29)7-6-18-13-30-16(3)26-18/h4-7,9,11,13,17H,8,10,12H2,1-3H3,(H,23,24,25,27)/b7-6+/t17-/m0/s1. The number of thiazole rings is 1. The fraction of sp³-hybridized carbons (Fsp3) is 0.318. The number of likely N-dealkylation sites (tertiary alicyclic amines) is 1. The Labute approximate surface area is 179 Å². The molecule has 1 aliphatic rings. The van der Waals surface area contributed by atoms with E-state index in [0.29, 0.717) is 12.4 Å². The van der Waals surface area contributed by atoms with E-state index in [0.717, 1.165) is 46.6 Å². The van der Waals surface area contributed by atoms with Crippen LogP contribution in [0.15, 0.2) is 35.9 Å². The summed E-state index contributed by atoms with van der Waals surface area (Å²) in [5.74, 6) is 2.41. The third kappa shape index (κ3) is 4.71. The zero-order valence-corrected chi connectivity index (χ0v) is 18.1. The number of carbonyl (C=O) groups is 1. The number of aromatic nitrogens is 4. The molecule has 8 heteroatoms. The molecular formula is C22H24N6OS. The van der Waals surface area contributed by atoms with E-state index >= 15 is 0 Å². The first-order chi connectivity index (χ1) is 14.5. The van der Waals surface area contributed by atoms with Crippen LogP contribution in [0.4, 0.5) is 11.6 Å². The lowest BCUT2D eigenvalue weighted by Gasteiger charge is -2.15. The van der Waals surface area contributed by atoms with Gasteiger partial charge in [-0.25, -0.2) is 19.9 Å². The van der Waals surface area contributed by atoms with Gasteiger partial charge in [0.1, 0.15) is 17.5 Å². The van der Waals surface area contributed by atoms with E-state index in [2.05, 4.69) is 25.3 Å². The molecule has 1 atom stereocenters. The average molecular weight is 421 g/mol. The second-order valence-electron chi connectivity index (χ2n) is 7.41. The van der Waals surface area contributed by atoms with Crippen molar-refractivity contribution < 1.29 is 4.79 Å². The van der Waals surface area contributed by atoms with Gasteiger partial charge in [0.05, 0.1) is 16.4 Å². The van der Waals surface area contributed by atoms with Crippen LogP contribution in [0, 0.1) is 20.8 Å². The van der Waals surface area contributed by atoms with Crippen LogP contribution in [0.2, 0.25) is 0 Å². The Morgan fingerprint density at radius 1 is 1.27 bits per heavy atom. The highest BCUT2D eigenvalue weighted by molar-refractivity contribution is 7.09. The number of anilines is 2. The van der Waals surface area contributed by atoms with Gasteiger partial charge in [-0.05, 0) is 44.9 Å². The fourth-order valence-corrected chi connectivity index (χ4v) is 4.10. The number of hydrogen-bond donors (Lipinski definition) is 1. The molecule has 1 aliphatic heterocycles. The molecule has 1 N–H and O–H groups in total. The first kappa shape index (κ1) is 20.2. The SMILES string of the molecule is Cc1nc(Nc2ncccc2C)cc([C@H]2CCN(C(=O)/C=C/c3csc(C)n3)C2)n1. The highest BCUT2D eigenvalue weighted by Gasteiger charge is 2.27. The number of rotatable bonds is 5. The Morgan fingerprint density at radius 2 is 2.13 bits per heavy atom. The number of amides is 1.